The van der Waals surface area contributed by atoms with Crippen LogP contribution < -0.4 is 5.32 Å². The fourth-order valence-corrected chi connectivity index (χ4v) is 1.62. The lowest BCUT2D eigenvalue weighted by Crippen LogP contribution is -2.28. The molecule has 114 valence electrons. The van der Waals surface area contributed by atoms with E-state index >= 15 is 0 Å². The van der Waals surface area contributed by atoms with Crippen molar-refractivity contribution in [2.75, 3.05) is 7.11 Å². The Hall–Kier alpha value is -3.09. The molecule has 1 heterocycles. The molecule has 0 aliphatic rings. The molecule has 0 saturated heterocycles. The predicted molar refractivity (Wildman–Crippen MR) is 78.3 cm³/mol. The maximum absolute atomic E-state index is 11.8. The third-order valence-corrected chi connectivity index (χ3v) is 2.66. The Balaban J connectivity index is 1.98. The van der Waals surface area contributed by atoms with E-state index in [9.17, 15) is 9.59 Å². The number of H-pyrrole nitrogens is 1. The van der Waals surface area contributed by atoms with Gasteiger partial charge >= 0.3 is 12.1 Å². The number of hydrogen-bond donors (Lipinski definition) is 2. The number of amides is 1. The van der Waals surface area contributed by atoms with Gasteiger partial charge < -0.3 is 14.5 Å². The Labute approximate surface area is 127 Å². The summed E-state index contributed by atoms with van der Waals surface area (Å²) in [6.45, 7) is 0.0991. The number of nitrogens with zero attached hydrogens (tertiary/aromatic N) is 1. The van der Waals surface area contributed by atoms with Crippen molar-refractivity contribution in [1.82, 2.24) is 15.3 Å². The zero-order chi connectivity index (χ0) is 15.8. The Kier molecular flexibility index (Phi) is 5.31. The van der Waals surface area contributed by atoms with Crippen molar-refractivity contribution >= 4 is 18.1 Å². The molecule has 0 fully saturated rings. The van der Waals surface area contributed by atoms with Crippen LogP contribution in [0.4, 0.5) is 4.79 Å². The number of carbonyl (C=O) groups excluding carboxylic acids is 2. The van der Waals surface area contributed by atoms with Gasteiger partial charge in [0.25, 0.3) is 0 Å². The van der Waals surface area contributed by atoms with Crippen LogP contribution in [0.15, 0.2) is 48.4 Å². The van der Waals surface area contributed by atoms with E-state index in [4.69, 9.17) is 4.74 Å². The second-order valence-electron chi connectivity index (χ2n) is 4.21. The molecule has 2 N–H and O–H groups in total. The highest BCUT2D eigenvalue weighted by Gasteiger charge is 2.15. The van der Waals surface area contributed by atoms with Crippen molar-refractivity contribution < 1.29 is 19.1 Å². The number of rotatable bonds is 5. The maximum atomic E-state index is 11.8. The SMILES string of the molecule is COC(=O)C(=Cc1ncc[nH]1)NC(=O)OCc1ccccc1. The average Bonchev–Trinajstić information content (AvgIpc) is 3.05. The van der Waals surface area contributed by atoms with Crippen LogP contribution in [0.2, 0.25) is 0 Å². The minimum Gasteiger partial charge on any atom is -0.464 e. The minimum atomic E-state index is -0.757. The first-order valence-corrected chi connectivity index (χ1v) is 6.46. The number of nitrogens with one attached hydrogen (secondary N) is 2. The maximum Gasteiger partial charge on any atom is 0.412 e. The third kappa shape index (κ3) is 4.48. The van der Waals surface area contributed by atoms with Crippen LogP contribution in [0.1, 0.15) is 11.4 Å². The van der Waals surface area contributed by atoms with Crippen LogP contribution in [0.5, 0.6) is 0 Å². The van der Waals surface area contributed by atoms with Crippen molar-refractivity contribution in [3.63, 3.8) is 0 Å². The van der Waals surface area contributed by atoms with Crippen LogP contribution in [-0.2, 0) is 20.9 Å². The molecule has 7 heteroatoms. The van der Waals surface area contributed by atoms with E-state index in [0.29, 0.717) is 5.82 Å². The van der Waals surface area contributed by atoms with E-state index in [0.717, 1.165) is 5.56 Å². The summed E-state index contributed by atoms with van der Waals surface area (Å²) in [5, 5.41) is 2.34. The van der Waals surface area contributed by atoms with Crippen molar-refractivity contribution in [3.05, 3.63) is 59.8 Å². The quantitative estimate of drug-likeness (QED) is 0.649. The third-order valence-electron chi connectivity index (χ3n) is 2.66. The Morgan fingerprint density at radius 2 is 2.09 bits per heavy atom. The van der Waals surface area contributed by atoms with Crippen LogP contribution >= 0.6 is 0 Å². The summed E-state index contributed by atoms with van der Waals surface area (Å²) < 4.78 is 9.65. The average molecular weight is 301 g/mol. The number of hydrogen-bond acceptors (Lipinski definition) is 5. The summed E-state index contributed by atoms with van der Waals surface area (Å²) in [6, 6.07) is 9.20. The van der Waals surface area contributed by atoms with E-state index in [-0.39, 0.29) is 12.3 Å². The van der Waals surface area contributed by atoms with E-state index in [1.807, 2.05) is 30.3 Å². The van der Waals surface area contributed by atoms with Crippen molar-refractivity contribution in [1.29, 1.82) is 0 Å². The largest absolute Gasteiger partial charge is 0.464 e. The number of esters is 1. The lowest BCUT2D eigenvalue weighted by molar-refractivity contribution is -0.136. The Bertz CT molecular complexity index is 651. The molecule has 0 unspecified atom stereocenters. The fraction of sp³-hybridized carbons (Fsp3) is 0.133. The molecule has 0 saturated carbocycles. The lowest BCUT2D eigenvalue weighted by Gasteiger charge is -2.08. The highest BCUT2D eigenvalue weighted by Crippen LogP contribution is 2.04. The molecule has 1 aromatic carbocycles. The van der Waals surface area contributed by atoms with Gasteiger partial charge in [0.15, 0.2) is 0 Å². The number of carbonyl (C=O) groups is 2. The van der Waals surface area contributed by atoms with Crippen molar-refractivity contribution in [2.45, 2.75) is 6.61 Å². The molecule has 1 amide bonds. The normalized spacial score (nSPS) is 10.9. The summed E-state index contributed by atoms with van der Waals surface area (Å²) in [5.41, 5.74) is 0.766. The van der Waals surface area contributed by atoms with Gasteiger partial charge in [-0.2, -0.15) is 0 Å². The van der Waals surface area contributed by atoms with Gasteiger partial charge in [-0.15, -0.1) is 0 Å². The molecule has 2 rings (SSSR count). The Morgan fingerprint density at radius 3 is 2.73 bits per heavy atom. The van der Waals surface area contributed by atoms with Gasteiger partial charge in [-0.05, 0) is 5.56 Å². The monoisotopic (exact) mass is 301 g/mol. The molecule has 0 bridgehead atoms. The molecule has 7 nitrogen and oxygen atoms in total. The standard InChI is InChI=1S/C15H15N3O4/c1-21-14(19)12(9-13-16-7-8-17-13)18-15(20)22-10-11-5-3-2-4-6-11/h2-9H,10H2,1H3,(H,16,17)(H,18,20). The molecule has 22 heavy (non-hydrogen) atoms. The number of alkyl carbamates (subject to hydrolysis) is 1. The molecule has 1 aromatic heterocycles. The first-order chi connectivity index (χ1) is 10.7. The molecule has 0 atom stereocenters. The van der Waals surface area contributed by atoms with Crippen LogP contribution in [0.25, 0.3) is 6.08 Å². The van der Waals surface area contributed by atoms with Gasteiger partial charge in [-0.25, -0.2) is 14.6 Å². The number of benzene rings is 1. The number of aromatic amines is 1. The summed E-state index contributed by atoms with van der Waals surface area (Å²) in [6.07, 6.45) is 3.71. The van der Waals surface area contributed by atoms with Gasteiger partial charge in [-0.1, -0.05) is 30.3 Å². The van der Waals surface area contributed by atoms with Crippen molar-refractivity contribution in [2.24, 2.45) is 0 Å². The predicted octanol–water partition coefficient (Wildman–Crippen LogP) is 1.85. The van der Waals surface area contributed by atoms with E-state index in [1.165, 1.54) is 19.4 Å². The summed E-state index contributed by atoms with van der Waals surface area (Å²) in [5.74, 6) is -0.295. The number of imidazole rings is 1. The summed E-state index contributed by atoms with van der Waals surface area (Å²) in [4.78, 5) is 30.1. The second kappa shape index (κ2) is 7.63. The minimum absolute atomic E-state index is 0.0736. The van der Waals surface area contributed by atoms with Gasteiger partial charge in [0.2, 0.25) is 0 Å². The molecule has 0 aliphatic heterocycles. The van der Waals surface area contributed by atoms with E-state index < -0.39 is 12.1 Å². The molecule has 0 aliphatic carbocycles. The van der Waals surface area contributed by atoms with Crippen LogP contribution in [-0.4, -0.2) is 29.1 Å². The first-order valence-electron chi connectivity index (χ1n) is 6.46. The van der Waals surface area contributed by atoms with Gasteiger partial charge in [-0.3, -0.25) is 5.32 Å². The van der Waals surface area contributed by atoms with E-state index in [2.05, 4.69) is 20.0 Å². The molecule has 2 aromatic rings. The van der Waals surface area contributed by atoms with Gasteiger partial charge in [0.1, 0.15) is 18.1 Å². The molecular formula is C15H15N3O4. The molecule has 0 radical (unpaired) electrons. The Morgan fingerprint density at radius 1 is 1.32 bits per heavy atom. The summed E-state index contributed by atoms with van der Waals surface area (Å²) >= 11 is 0. The number of ether oxygens (including phenoxy) is 2. The second-order valence-corrected chi connectivity index (χ2v) is 4.21. The number of aromatic nitrogens is 2. The first kappa shape index (κ1) is 15.3. The topological polar surface area (TPSA) is 93.3 Å². The highest BCUT2D eigenvalue weighted by atomic mass is 16.6. The zero-order valence-corrected chi connectivity index (χ0v) is 11.9. The zero-order valence-electron chi connectivity index (χ0n) is 11.9. The van der Waals surface area contributed by atoms with Gasteiger partial charge in [0.05, 0.1) is 7.11 Å². The van der Waals surface area contributed by atoms with Crippen LogP contribution in [0, 0.1) is 0 Å². The fourth-order valence-electron chi connectivity index (χ4n) is 1.62. The summed E-state index contributed by atoms with van der Waals surface area (Å²) in [7, 11) is 1.22. The van der Waals surface area contributed by atoms with Gasteiger partial charge in [0, 0.05) is 18.5 Å². The van der Waals surface area contributed by atoms with Crippen molar-refractivity contribution in [3.8, 4) is 0 Å². The van der Waals surface area contributed by atoms with E-state index in [1.54, 1.807) is 6.20 Å². The molecule has 0 spiro atoms. The number of methoxy groups -OCH3 is 1. The lowest BCUT2D eigenvalue weighted by atomic mass is 10.2. The smallest absolute Gasteiger partial charge is 0.412 e. The molecular weight excluding hydrogens is 286 g/mol. The highest BCUT2D eigenvalue weighted by molar-refractivity contribution is 5.96. The van der Waals surface area contributed by atoms with Crippen LogP contribution in [0.3, 0.4) is 0 Å².